The van der Waals surface area contributed by atoms with Crippen LogP contribution >= 0.6 is 0 Å². The first kappa shape index (κ1) is 11.5. The minimum absolute atomic E-state index is 0.0640. The van der Waals surface area contributed by atoms with E-state index in [4.69, 9.17) is 4.84 Å². The van der Waals surface area contributed by atoms with Gasteiger partial charge in [-0.15, -0.1) is 5.06 Å². The summed E-state index contributed by atoms with van der Waals surface area (Å²) in [6.07, 6.45) is 3.88. The van der Waals surface area contributed by atoms with Crippen molar-refractivity contribution in [1.82, 2.24) is 5.06 Å². The van der Waals surface area contributed by atoms with Gasteiger partial charge in [0.2, 0.25) is 0 Å². The van der Waals surface area contributed by atoms with Gasteiger partial charge in [0.05, 0.1) is 6.42 Å². The van der Waals surface area contributed by atoms with Crippen molar-refractivity contribution in [2.45, 2.75) is 6.42 Å². The van der Waals surface area contributed by atoms with Crippen LogP contribution in [0, 0.1) is 0 Å². The van der Waals surface area contributed by atoms with Crippen LogP contribution in [0.3, 0.4) is 0 Å². The Kier molecular flexibility index (Phi) is 3.02. The van der Waals surface area contributed by atoms with Crippen LogP contribution in [0.2, 0.25) is 0 Å². The normalized spacial score (nSPS) is 14.3. The molecule has 0 spiro atoms. The van der Waals surface area contributed by atoms with E-state index in [2.05, 4.69) is 0 Å². The first-order chi connectivity index (χ1) is 9.33. The molecule has 19 heavy (non-hydrogen) atoms. The molecule has 0 saturated heterocycles. The lowest BCUT2D eigenvalue weighted by atomic mass is 10.1. The smallest absolute Gasteiger partial charge is 0.263 e. The molecule has 1 heterocycles. The Morgan fingerprint density at radius 2 is 1.74 bits per heavy atom. The van der Waals surface area contributed by atoms with Crippen LogP contribution in [0.5, 0.6) is 5.75 Å². The Morgan fingerprint density at radius 3 is 2.58 bits per heavy atom. The number of nitrogens with zero attached hydrogens (tertiary/aromatic N) is 1. The third kappa shape index (κ3) is 2.50. The summed E-state index contributed by atoms with van der Waals surface area (Å²) in [5.74, 6) is 0.672. The van der Waals surface area contributed by atoms with Gasteiger partial charge in [0.25, 0.3) is 5.91 Å². The fraction of sp³-hybridized carbons (Fsp3) is 0.0625. The highest BCUT2D eigenvalue weighted by molar-refractivity contribution is 5.81. The summed E-state index contributed by atoms with van der Waals surface area (Å²) < 4.78 is 0. The third-order valence-corrected chi connectivity index (χ3v) is 2.96. The zero-order valence-corrected chi connectivity index (χ0v) is 10.3. The number of carbonyl (C=O) groups excluding carboxylic acids is 1. The van der Waals surface area contributed by atoms with Gasteiger partial charge < -0.3 is 4.84 Å². The molecule has 0 radical (unpaired) electrons. The standard InChI is InChI=1S/C16H13NO2/c18-16-12-14-8-4-5-9-15(14)19-17(16)11-10-13-6-2-1-3-7-13/h1-11H,12H2. The highest BCUT2D eigenvalue weighted by Crippen LogP contribution is 2.25. The predicted octanol–water partition coefficient (Wildman–Crippen LogP) is 3.04. The number of amides is 1. The summed E-state index contributed by atoms with van der Waals surface area (Å²) in [5.41, 5.74) is 1.95. The summed E-state index contributed by atoms with van der Waals surface area (Å²) in [6, 6.07) is 17.4. The van der Waals surface area contributed by atoms with Crippen molar-refractivity contribution in [3.05, 3.63) is 71.9 Å². The second-order valence-electron chi connectivity index (χ2n) is 4.32. The number of hydrogen-bond acceptors (Lipinski definition) is 2. The maximum Gasteiger partial charge on any atom is 0.263 e. The van der Waals surface area contributed by atoms with Gasteiger partial charge in [-0.3, -0.25) is 4.79 Å². The molecular weight excluding hydrogens is 238 g/mol. The second kappa shape index (κ2) is 4.98. The van der Waals surface area contributed by atoms with Crippen LogP contribution in [0.25, 0.3) is 6.08 Å². The first-order valence-electron chi connectivity index (χ1n) is 6.14. The van der Waals surface area contributed by atoms with E-state index in [0.29, 0.717) is 6.42 Å². The van der Waals surface area contributed by atoms with E-state index in [9.17, 15) is 4.79 Å². The molecule has 0 bridgehead atoms. The number of hydroxylamine groups is 2. The molecule has 1 aliphatic rings. The maximum absolute atomic E-state index is 11.9. The summed E-state index contributed by atoms with van der Waals surface area (Å²) in [5, 5.41) is 1.29. The van der Waals surface area contributed by atoms with Crippen LogP contribution in [0.4, 0.5) is 0 Å². The highest BCUT2D eigenvalue weighted by atomic mass is 16.7. The number of carbonyl (C=O) groups is 1. The van der Waals surface area contributed by atoms with E-state index in [1.54, 1.807) is 6.20 Å². The molecule has 0 aliphatic carbocycles. The number of para-hydroxylation sites is 1. The molecule has 0 N–H and O–H groups in total. The van der Waals surface area contributed by atoms with E-state index >= 15 is 0 Å². The molecular formula is C16H13NO2. The number of benzene rings is 2. The molecule has 1 amide bonds. The summed E-state index contributed by atoms with van der Waals surface area (Å²) in [4.78, 5) is 17.5. The largest absolute Gasteiger partial charge is 0.372 e. The summed E-state index contributed by atoms with van der Waals surface area (Å²) in [6.45, 7) is 0. The maximum atomic E-state index is 11.9. The molecule has 0 saturated carbocycles. The quantitative estimate of drug-likeness (QED) is 0.821. The van der Waals surface area contributed by atoms with Gasteiger partial charge in [0.15, 0.2) is 5.75 Å². The van der Waals surface area contributed by atoms with Gasteiger partial charge in [-0.25, -0.2) is 0 Å². The minimum Gasteiger partial charge on any atom is -0.372 e. The second-order valence-corrected chi connectivity index (χ2v) is 4.32. The molecule has 0 fully saturated rings. The van der Waals surface area contributed by atoms with Crippen LogP contribution in [0.1, 0.15) is 11.1 Å². The van der Waals surface area contributed by atoms with Crippen molar-refractivity contribution < 1.29 is 9.63 Å². The molecule has 2 aromatic rings. The summed E-state index contributed by atoms with van der Waals surface area (Å²) >= 11 is 0. The van der Waals surface area contributed by atoms with Crippen molar-refractivity contribution in [3.8, 4) is 5.75 Å². The zero-order chi connectivity index (χ0) is 13.1. The van der Waals surface area contributed by atoms with Crippen molar-refractivity contribution in [2.75, 3.05) is 0 Å². The van der Waals surface area contributed by atoms with E-state index in [0.717, 1.165) is 16.9 Å². The average molecular weight is 251 g/mol. The first-order valence-corrected chi connectivity index (χ1v) is 6.14. The molecule has 94 valence electrons. The van der Waals surface area contributed by atoms with E-state index in [1.807, 2.05) is 60.7 Å². The fourth-order valence-electron chi connectivity index (χ4n) is 1.97. The molecule has 3 heteroatoms. The number of rotatable bonds is 2. The van der Waals surface area contributed by atoms with Gasteiger partial charge >= 0.3 is 0 Å². The lowest BCUT2D eigenvalue weighted by Crippen LogP contribution is -2.34. The van der Waals surface area contributed by atoms with E-state index in [1.165, 1.54) is 5.06 Å². The minimum atomic E-state index is -0.0640. The topological polar surface area (TPSA) is 29.5 Å². The van der Waals surface area contributed by atoms with Crippen molar-refractivity contribution in [3.63, 3.8) is 0 Å². The summed E-state index contributed by atoms with van der Waals surface area (Å²) in [7, 11) is 0. The SMILES string of the molecule is O=C1Cc2ccccc2ON1C=Cc1ccccc1. The van der Waals surface area contributed by atoms with Crippen molar-refractivity contribution in [1.29, 1.82) is 0 Å². The van der Waals surface area contributed by atoms with Gasteiger partial charge in [-0.05, 0) is 17.7 Å². The van der Waals surface area contributed by atoms with Crippen LogP contribution < -0.4 is 4.84 Å². The van der Waals surface area contributed by atoms with E-state index < -0.39 is 0 Å². The van der Waals surface area contributed by atoms with Gasteiger partial charge in [0, 0.05) is 11.8 Å². The Hall–Kier alpha value is -2.55. The molecule has 0 atom stereocenters. The Balaban J connectivity index is 1.80. The predicted molar refractivity (Wildman–Crippen MR) is 73.1 cm³/mol. The number of fused-ring (bicyclic) bond motifs is 1. The lowest BCUT2D eigenvalue weighted by molar-refractivity contribution is -0.150. The molecule has 3 rings (SSSR count). The molecule has 1 aliphatic heterocycles. The lowest BCUT2D eigenvalue weighted by Gasteiger charge is -2.25. The van der Waals surface area contributed by atoms with Crippen molar-refractivity contribution >= 4 is 12.0 Å². The molecule has 0 unspecified atom stereocenters. The average Bonchev–Trinajstić information content (AvgIpc) is 2.46. The Labute approximate surface area is 111 Å². The van der Waals surface area contributed by atoms with E-state index in [-0.39, 0.29) is 5.91 Å². The van der Waals surface area contributed by atoms with Crippen LogP contribution in [-0.2, 0) is 11.2 Å². The van der Waals surface area contributed by atoms with Gasteiger partial charge in [-0.2, -0.15) is 0 Å². The number of hydrogen-bond donors (Lipinski definition) is 0. The van der Waals surface area contributed by atoms with Crippen molar-refractivity contribution in [2.24, 2.45) is 0 Å². The van der Waals surface area contributed by atoms with Crippen LogP contribution in [0.15, 0.2) is 60.8 Å². The highest BCUT2D eigenvalue weighted by Gasteiger charge is 2.22. The van der Waals surface area contributed by atoms with Gasteiger partial charge in [-0.1, -0.05) is 48.5 Å². The Bertz CT molecular complexity index is 620. The van der Waals surface area contributed by atoms with Gasteiger partial charge in [0.1, 0.15) is 0 Å². The molecule has 3 nitrogen and oxygen atoms in total. The Morgan fingerprint density at radius 1 is 1.00 bits per heavy atom. The monoisotopic (exact) mass is 251 g/mol. The zero-order valence-electron chi connectivity index (χ0n) is 10.3. The third-order valence-electron chi connectivity index (χ3n) is 2.96. The van der Waals surface area contributed by atoms with Crippen LogP contribution in [-0.4, -0.2) is 11.0 Å². The molecule has 0 aromatic heterocycles. The molecule has 2 aromatic carbocycles. The fourth-order valence-corrected chi connectivity index (χ4v) is 1.97.